The molecule has 0 aromatic heterocycles. The van der Waals surface area contributed by atoms with Crippen LogP contribution in [0.15, 0.2) is 0 Å². The molecule has 0 bridgehead atoms. The number of halogens is 2. The molecule has 0 spiro atoms. The molecular formula is C9H16F2O3. The summed E-state index contributed by atoms with van der Waals surface area (Å²) in [5.74, 6) is -3.21. The molecule has 5 heteroatoms. The van der Waals surface area contributed by atoms with Crippen molar-refractivity contribution in [3.8, 4) is 0 Å². The first-order valence-electron chi connectivity index (χ1n) is 4.43. The fourth-order valence-corrected chi connectivity index (χ4v) is 0.642. The molecule has 0 aromatic rings. The molecule has 0 saturated carbocycles. The van der Waals surface area contributed by atoms with Gasteiger partial charge in [0.25, 0.3) is 5.79 Å². The standard InChI is InChI=1S/C9H16F2O3/c1-5-6(2)7(12)14-9(3,13-4)8(10)11/h6,8H,5H2,1-4H3. The van der Waals surface area contributed by atoms with E-state index in [0.29, 0.717) is 6.42 Å². The summed E-state index contributed by atoms with van der Waals surface area (Å²) in [5.41, 5.74) is 0. The van der Waals surface area contributed by atoms with Gasteiger partial charge in [0.1, 0.15) is 0 Å². The van der Waals surface area contributed by atoms with Gasteiger partial charge in [-0.15, -0.1) is 0 Å². The fourth-order valence-electron chi connectivity index (χ4n) is 0.642. The number of methoxy groups -OCH3 is 1. The molecule has 3 nitrogen and oxygen atoms in total. The summed E-state index contributed by atoms with van der Waals surface area (Å²) in [6.45, 7) is 4.43. The lowest BCUT2D eigenvalue weighted by atomic mass is 10.1. The molecule has 0 saturated heterocycles. The highest BCUT2D eigenvalue weighted by atomic mass is 19.3. The second-order valence-electron chi connectivity index (χ2n) is 3.25. The number of esters is 1. The van der Waals surface area contributed by atoms with Crippen LogP contribution in [-0.4, -0.2) is 25.3 Å². The van der Waals surface area contributed by atoms with Crippen molar-refractivity contribution in [1.29, 1.82) is 0 Å². The number of alkyl halides is 2. The SMILES string of the molecule is CCC(C)C(=O)OC(C)(OC)C(F)F. The van der Waals surface area contributed by atoms with Crippen molar-refractivity contribution in [3.05, 3.63) is 0 Å². The summed E-state index contributed by atoms with van der Waals surface area (Å²) in [4.78, 5) is 11.2. The highest BCUT2D eigenvalue weighted by Crippen LogP contribution is 2.22. The van der Waals surface area contributed by atoms with Crippen LogP contribution < -0.4 is 0 Å². The Labute approximate surface area is 82.4 Å². The van der Waals surface area contributed by atoms with Crippen LogP contribution in [0.4, 0.5) is 8.78 Å². The summed E-state index contributed by atoms with van der Waals surface area (Å²) >= 11 is 0. The van der Waals surface area contributed by atoms with Gasteiger partial charge in [0.2, 0.25) is 0 Å². The minimum absolute atomic E-state index is 0.400. The van der Waals surface area contributed by atoms with Crippen LogP contribution in [0.25, 0.3) is 0 Å². The third kappa shape index (κ3) is 3.21. The Morgan fingerprint density at radius 2 is 2.00 bits per heavy atom. The molecule has 84 valence electrons. The third-order valence-corrected chi connectivity index (χ3v) is 2.12. The van der Waals surface area contributed by atoms with Gasteiger partial charge in [0.05, 0.1) is 5.92 Å². The molecule has 0 N–H and O–H groups in total. The van der Waals surface area contributed by atoms with E-state index in [9.17, 15) is 13.6 Å². The molecule has 0 radical (unpaired) electrons. The van der Waals surface area contributed by atoms with E-state index in [1.54, 1.807) is 13.8 Å². The van der Waals surface area contributed by atoms with E-state index in [-0.39, 0.29) is 0 Å². The summed E-state index contributed by atoms with van der Waals surface area (Å²) in [7, 11) is 1.08. The minimum Gasteiger partial charge on any atom is -0.427 e. The predicted molar refractivity (Wildman–Crippen MR) is 47.0 cm³/mol. The van der Waals surface area contributed by atoms with E-state index in [1.165, 1.54) is 0 Å². The van der Waals surface area contributed by atoms with E-state index >= 15 is 0 Å². The van der Waals surface area contributed by atoms with E-state index in [0.717, 1.165) is 14.0 Å². The molecule has 0 aliphatic carbocycles. The quantitative estimate of drug-likeness (QED) is 0.515. The maximum atomic E-state index is 12.4. The zero-order chi connectivity index (χ0) is 11.4. The lowest BCUT2D eigenvalue weighted by Crippen LogP contribution is -2.42. The molecule has 0 aliphatic heterocycles. The van der Waals surface area contributed by atoms with Crippen LogP contribution >= 0.6 is 0 Å². The molecule has 0 rings (SSSR count). The third-order valence-electron chi connectivity index (χ3n) is 2.12. The van der Waals surface area contributed by atoms with Gasteiger partial charge in [-0.1, -0.05) is 13.8 Å². The molecule has 0 aliphatic rings. The van der Waals surface area contributed by atoms with Crippen LogP contribution in [-0.2, 0) is 14.3 Å². The van der Waals surface area contributed by atoms with Gasteiger partial charge in [-0.2, -0.15) is 0 Å². The van der Waals surface area contributed by atoms with E-state index in [2.05, 4.69) is 9.47 Å². The number of hydrogen-bond acceptors (Lipinski definition) is 3. The molecular weight excluding hydrogens is 194 g/mol. The summed E-state index contributed by atoms with van der Waals surface area (Å²) in [6.07, 6.45) is -2.32. The van der Waals surface area contributed by atoms with Gasteiger partial charge in [-0.25, -0.2) is 8.78 Å². The Bertz CT molecular complexity index is 196. The zero-order valence-electron chi connectivity index (χ0n) is 8.84. The summed E-state index contributed by atoms with van der Waals surface area (Å²) < 4.78 is 33.9. The Morgan fingerprint density at radius 3 is 2.29 bits per heavy atom. The van der Waals surface area contributed by atoms with E-state index in [4.69, 9.17) is 0 Å². The van der Waals surface area contributed by atoms with Crippen molar-refractivity contribution < 1.29 is 23.0 Å². The van der Waals surface area contributed by atoms with Crippen molar-refractivity contribution >= 4 is 5.97 Å². The van der Waals surface area contributed by atoms with Crippen molar-refractivity contribution in [3.63, 3.8) is 0 Å². The molecule has 0 aromatic carbocycles. The smallest absolute Gasteiger partial charge is 0.311 e. The van der Waals surface area contributed by atoms with Crippen LogP contribution in [0.2, 0.25) is 0 Å². The van der Waals surface area contributed by atoms with Crippen molar-refractivity contribution in [1.82, 2.24) is 0 Å². The van der Waals surface area contributed by atoms with Crippen LogP contribution in [0, 0.1) is 5.92 Å². The fraction of sp³-hybridized carbons (Fsp3) is 0.889. The number of hydrogen-bond donors (Lipinski definition) is 0. The van der Waals surface area contributed by atoms with Gasteiger partial charge in [-0.05, 0) is 6.42 Å². The van der Waals surface area contributed by atoms with Crippen molar-refractivity contribution in [2.24, 2.45) is 5.92 Å². The van der Waals surface area contributed by atoms with Crippen molar-refractivity contribution in [2.45, 2.75) is 39.4 Å². The second kappa shape index (κ2) is 5.24. The van der Waals surface area contributed by atoms with Gasteiger partial charge >= 0.3 is 12.4 Å². The number of rotatable bonds is 5. The average Bonchev–Trinajstić information content (AvgIpc) is 2.15. The Hall–Kier alpha value is -0.710. The van der Waals surface area contributed by atoms with Gasteiger partial charge in [0, 0.05) is 14.0 Å². The lowest BCUT2D eigenvalue weighted by Gasteiger charge is -2.27. The lowest BCUT2D eigenvalue weighted by molar-refractivity contribution is -0.263. The predicted octanol–water partition coefficient (Wildman–Crippen LogP) is 2.20. The maximum Gasteiger partial charge on any atom is 0.311 e. The van der Waals surface area contributed by atoms with E-state index < -0.39 is 24.1 Å². The first-order chi connectivity index (χ1) is 6.37. The molecule has 0 heterocycles. The summed E-state index contributed by atoms with van der Waals surface area (Å²) in [5, 5.41) is 0. The molecule has 0 amide bonds. The van der Waals surface area contributed by atoms with Crippen LogP contribution in [0.5, 0.6) is 0 Å². The van der Waals surface area contributed by atoms with E-state index in [1.807, 2.05) is 0 Å². The largest absolute Gasteiger partial charge is 0.427 e. The topological polar surface area (TPSA) is 35.5 Å². The monoisotopic (exact) mass is 210 g/mol. The minimum atomic E-state index is -2.86. The van der Waals surface area contributed by atoms with Gasteiger partial charge in [0.15, 0.2) is 0 Å². The highest BCUT2D eigenvalue weighted by molar-refractivity contribution is 5.72. The number of carbonyl (C=O) groups is 1. The van der Waals surface area contributed by atoms with Crippen LogP contribution in [0.1, 0.15) is 27.2 Å². The molecule has 14 heavy (non-hydrogen) atoms. The maximum absolute atomic E-state index is 12.4. The van der Waals surface area contributed by atoms with Gasteiger partial charge in [-0.3, -0.25) is 4.79 Å². The zero-order valence-corrected chi connectivity index (χ0v) is 8.84. The molecule has 0 fully saturated rings. The Morgan fingerprint density at radius 1 is 1.50 bits per heavy atom. The highest BCUT2D eigenvalue weighted by Gasteiger charge is 2.40. The first-order valence-corrected chi connectivity index (χ1v) is 4.43. The summed E-state index contributed by atoms with van der Waals surface area (Å²) in [6, 6.07) is 0. The average molecular weight is 210 g/mol. The molecule has 2 atom stereocenters. The molecule has 2 unspecified atom stereocenters. The van der Waals surface area contributed by atoms with Gasteiger partial charge < -0.3 is 9.47 Å². The van der Waals surface area contributed by atoms with Crippen LogP contribution in [0.3, 0.4) is 0 Å². The number of carbonyl (C=O) groups excluding carboxylic acids is 1. The van der Waals surface area contributed by atoms with Crippen molar-refractivity contribution in [2.75, 3.05) is 7.11 Å². The first kappa shape index (κ1) is 13.3. The second-order valence-corrected chi connectivity index (χ2v) is 3.25. The Kier molecular flexibility index (Phi) is 4.97. The Balaban J connectivity index is 4.39. The normalized spacial score (nSPS) is 17.6. The number of ether oxygens (including phenoxy) is 2.